The first-order valence-electron chi connectivity index (χ1n) is 6.76. The van der Waals surface area contributed by atoms with Gasteiger partial charge in [-0.1, -0.05) is 0 Å². The Morgan fingerprint density at radius 2 is 2.35 bits per heavy atom. The normalized spacial score (nSPS) is 14.4. The monoisotopic (exact) mass is 274 g/mol. The third-order valence-electron chi connectivity index (χ3n) is 3.53. The maximum Gasteiger partial charge on any atom is 0.355 e. The lowest BCUT2D eigenvalue weighted by atomic mass is 10.3. The van der Waals surface area contributed by atoms with Crippen molar-refractivity contribution in [3.05, 3.63) is 35.9 Å². The molecule has 2 aromatic heterocycles. The molecule has 6 nitrogen and oxygen atoms in total. The molecule has 2 aromatic rings. The summed E-state index contributed by atoms with van der Waals surface area (Å²) in [4.78, 5) is 12.1. The number of carbonyl (C=O) groups is 1. The molecule has 0 spiro atoms. The second-order valence-electron chi connectivity index (χ2n) is 5.13. The summed E-state index contributed by atoms with van der Waals surface area (Å²) in [7, 11) is 1.87. The lowest BCUT2D eigenvalue weighted by molar-refractivity contribution is 0.0495. The van der Waals surface area contributed by atoms with Crippen molar-refractivity contribution in [3.63, 3.8) is 0 Å². The molecule has 0 atom stereocenters. The van der Waals surface area contributed by atoms with Crippen molar-refractivity contribution in [2.75, 3.05) is 12.3 Å². The summed E-state index contributed by atoms with van der Waals surface area (Å²) in [6.45, 7) is 0.341. The minimum absolute atomic E-state index is 0.309. The number of aryl methyl sites for hydroxylation is 1. The third-order valence-corrected chi connectivity index (χ3v) is 3.53. The zero-order chi connectivity index (χ0) is 14.1. The predicted octanol–water partition coefficient (Wildman–Crippen LogP) is 1.54. The highest BCUT2D eigenvalue weighted by atomic mass is 16.5. The average molecular weight is 274 g/mol. The van der Waals surface area contributed by atoms with Gasteiger partial charge >= 0.3 is 5.97 Å². The van der Waals surface area contributed by atoms with Gasteiger partial charge in [-0.15, -0.1) is 0 Å². The summed E-state index contributed by atoms with van der Waals surface area (Å²) < 4.78 is 9.04. The Hall–Kier alpha value is -2.24. The summed E-state index contributed by atoms with van der Waals surface area (Å²) in [5.41, 5.74) is 7.96. The molecule has 0 bridgehead atoms. The van der Waals surface area contributed by atoms with E-state index in [2.05, 4.69) is 5.10 Å². The Kier molecular flexibility index (Phi) is 3.22. The van der Waals surface area contributed by atoms with Gasteiger partial charge in [0.1, 0.15) is 5.69 Å². The number of aromatic nitrogens is 3. The van der Waals surface area contributed by atoms with Crippen molar-refractivity contribution in [3.8, 4) is 0 Å². The van der Waals surface area contributed by atoms with Crippen molar-refractivity contribution in [2.45, 2.75) is 25.3 Å². The maximum absolute atomic E-state index is 12.1. The highest BCUT2D eigenvalue weighted by Crippen LogP contribution is 2.37. The van der Waals surface area contributed by atoms with Crippen LogP contribution in [0.15, 0.2) is 24.5 Å². The zero-order valence-electron chi connectivity index (χ0n) is 11.5. The molecule has 1 aliphatic rings. The van der Waals surface area contributed by atoms with Crippen LogP contribution in [0.25, 0.3) is 0 Å². The van der Waals surface area contributed by atoms with E-state index in [9.17, 15) is 4.79 Å². The molecule has 0 aliphatic heterocycles. The molecule has 2 heterocycles. The molecular formula is C14H18N4O2. The number of hydrogen-bond acceptors (Lipinski definition) is 4. The van der Waals surface area contributed by atoms with Gasteiger partial charge in [0.05, 0.1) is 12.3 Å². The Balaban J connectivity index is 1.60. The molecule has 1 saturated carbocycles. The number of nitrogens with two attached hydrogens (primary N) is 1. The van der Waals surface area contributed by atoms with Crippen molar-refractivity contribution in [1.29, 1.82) is 0 Å². The summed E-state index contributed by atoms with van der Waals surface area (Å²) in [5.74, 6) is -0.309. The molecule has 0 radical (unpaired) electrons. The fraction of sp³-hybridized carbons (Fsp3) is 0.429. The molecule has 2 N–H and O–H groups in total. The van der Waals surface area contributed by atoms with E-state index in [-0.39, 0.29) is 5.97 Å². The van der Waals surface area contributed by atoms with Crippen LogP contribution in [0.2, 0.25) is 0 Å². The molecule has 20 heavy (non-hydrogen) atoms. The molecular weight excluding hydrogens is 256 g/mol. The number of carbonyl (C=O) groups excluding carboxylic acids is 1. The molecule has 1 aliphatic carbocycles. The lowest BCUT2D eigenvalue weighted by Gasteiger charge is -2.08. The first kappa shape index (κ1) is 12.8. The first-order valence-corrected chi connectivity index (χ1v) is 6.76. The van der Waals surface area contributed by atoms with Gasteiger partial charge in [0.15, 0.2) is 0 Å². The summed E-state index contributed by atoms with van der Waals surface area (Å²) in [6, 6.07) is 4.01. The van der Waals surface area contributed by atoms with E-state index in [1.165, 1.54) is 0 Å². The van der Waals surface area contributed by atoms with Crippen LogP contribution in [0.3, 0.4) is 0 Å². The van der Waals surface area contributed by atoms with Gasteiger partial charge in [0.25, 0.3) is 0 Å². The van der Waals surface area contributed by atoms with E-state index in [0.717, 1.165) is 18.5 Å². The fourth-order valence-electron chi connectivity index (χ4n) is 2.29. The SMILES string of the molecule is Cn1nccc1CCOC(=O)c1cc(N)cn1C1CC1. The van der Waals surface area contributed by atoms with Gasteiger partial charge in [0, 0.05) is 37.6 Å². The fourth-order valence-corrected chi connectivity index (χ4v) is 2.29. The number of hydrogen-bond donors (Lipinski definition) is 1. The van der Waals surface area contributed by atoms with E-state index < -0.39 is 0 Å². The van der Waals surface area contributed by atoms with E-state index >= 15 is 0 Å². The van der Waals surface area contributed by atoms with Gasteiger partial charge in [-0.05, 0) is 25.0 Å². The Labute approximate surface area is 117 Å². The smallest absolute Gasteiger partial charge is 0.355 e. The van der Waals surface area contributed by atoms with Gasteiger partial charge in [-0.2, -0.15) is 5.10 Å². The number of esters is 1. The van der Waals surface area contributed by atoms with E-state index in [4.69, 9.17) is 10.5 Å². The van der Waals surface area contributed by atoms with E-state index in [1.54, 1.807) is 16.9 Å². The van der Waals surface area contributed by atoms with Gasteiger partial charge in [0.2, 0.25) is 0 Å². The van der Waals surface area contributed by atoms with Gasteiger partial charge in [-0.3, -0.25) is 4.68 Å². The highest BCUT2D eigenvalue weighted by Gasteiger charge is 2.28. The second-order valence-corrected chi connectivity index (χ2v) is 5.13. The Bertz CT molecular complexity index is 625. The first-order chi connectivity index (χ1) is 9.65. The van der Waals surface area contributed by atoms with Crippen LogP contribution in [0.1, 0.15) is 35.1 Å². The van der Waals surface area contributed by atoms with Crippen molar-refractivity contribution in [1.82, 2.24) is 14.3 Å². The van der Waals surface area contributed by atoms with E-state index in [0.29, 0.717) is 30.5 Å². The van der Waals surface area contributed by atoms with Crippen molar-refractivity contribution < 1.29 is 9.53 Å². The largest absolute Gasteiger partial charge is 0.461 e. The lowest BCUT2D eigenvalue weighted by Crippen LogP contribution is -2.13. The minimum atomic E-state index is -0.309. The molecule has 3 rings (SSSR count). The molecule has 0 unspecified atom stereocenters. The molecule has 1 fully saturated rings. The Morgan fingerprint density at radius 1 is 1.55 bits per heavy atom. The number of nitrogens with zero attached hydrogens (tertiary/aromatic N) is 3. The molecule has 0 amide bonds. The summed E-state index contributed by atoms with van der Waals surface area (Å²) in [6.07, 6.45) is 6.40. The number of anilines is 1. The van der Waals surface area contributed by atoms with Crippen LogP contribution >= 0.6 is 0 Å². The molecule has 0 aromatic carbocycles. The third kappa shape index (κ3) is 2.54. The molecule has 106 valence electrons. The van der Waals surface area contributed by atoms with Crippen LogP contribution in [0.5, 0.6) is 0 Å². The van der Waals surface area contributed by atoms with Crippen molar-refractivity contribution >= 4 is 11.7 Å². The molecule has 6 heteroatoms. The maximum atomic E-state index is 12.1. The second kappa shape index (κ2) is 5.03. The van der Waals surface area contributed by atoms with Gasteiger partial charge in [-0.25, -0.2) is 4.79 Å². The minimum Gasteiger partial charge on any atom is -0.461 e. The standard InChI is InChI=1S/C14H18N4O2/c1-17-11(4-6-16-17)5-7-20-14(19)13-8-10(15)9-18(13)12-2-3-12/h4,6,8-9,12H,2-3,5,7,15H2,1H3. The quantitative estimate of drug-likeness (QED) is 0.839. The van der Waals surface area contributed by atoms with Crippen LogP contribution in [0, 0.1) is 0 Å². The van der Waals surface area contributed by atoms with E-state index in [1.807, 2.05) is 23.9 Å². The molecule has 0 saturated heterocycles. The number of nitrogen functional groups attached to an aromatic ring is 1. The van der Waals surface area contributed by atoms with Crippen LogP contribution in [0.4, 0.5) is 5.69 Å². The summed E-state index contributed by atoms with van der Waals surface area (Å²) in [5, 5.41) is 4.08. The highest BCUT2D eigenvalue weighted by molar-refractivity contribution is 5.89. The number of rotatable bonds is 5. The topological polar surface area (TPSA) is 75.1 Å². The van der Waals surface area contributed by atoms with Crippen molar-refractivity contribution in [2.24, 2.45) is 7.05 Å². The van der Waals surface area contributed by atoms with Crippen LogP contribution in [-0.2, 0) is 18.2 Å². The van der Waals surface area contributed by atoms with Crippen LogP contribution in [-0.4, -0.2) is 26.9 Å². The zero-order valence-corrected chi connectivity index (χ0v) is 11.5. The number of ether oxygens (including phenoxy) is 1. The van der Waals surface area contributed by atoms with Crippen LogP contribution < -0.4 is 5.73 Å². The summed E-state index contributed by atoms with van der Waals surface area (Å²) >= 11 is 0. The average Bonchev–Trinajstić information content (AvgIpc) is 3.08. The van der Waals surface area contributed by atoms with Gasteiger partial charge < -0.3 is 15.0 Å². The Morgan fingerprint density at radius 3 is 3.00 bits per heavy atom. The predicted molar refractivity (Wildman–Crippen MR) is 74.3 cm³/mol.